The minimum absolute atomic E-state index is 0.163. The molecule has 0 unspecified atom stereocenters. The lowest BCUT2D eigenvalue weighted by atomic mass is 10.1. The van der Waals surface area contributed by atoms with Crippen LogP contribution in [-0.2, 0) is 16.1 Å². The van der Waals surface area contributed by atoms with Crippen molar-refractivity contribution in [3.8, 4) is 11.5 Å². The van der Waals surface area contributed by atoms with E-state index in [2.05, 4.69) is 5.10 Å². The summed E-state index contributed by atoms with van der Waals surface area (Å²) < 4.78 is 18.0. The van der Waals surface area contributed by atoms with E-state index in [1.54, 1.807) is 22.9 Å². The Morgan fingerprint density at radius 1 is 1.15 bits per heavy atom. The fourth-order valence-electron chi connectivity index (χ4n) is 2.74. The first-order valence-electron chi connectivity index (χ1n) is 8.62. The van der Waals surface area contributed by atoms with Crippen molar-refractivity contribution in [1.29, 1.82) is 0 Å². The number of esters is 1. The molecule has 2 aromatic rings. The lowest BCUT2D eigenvalue weighted by molar-refractivity contribution is -0.142. The lowest BCUT2D eigenvalue weighted by Crippen LogP contribution is -2.16. The molecular formula is C19H22N2O5. The first-order chi connectivity index (χ1) is 12.5. The molecule has 138 valence electrons. The largest absolute Gasteiger partial charge is 0.490 e. The number of fused-ring (bicyclic) bond motifs is 1. The maximum atomic E-state index is 12.3. The van der Waals surface area contributed by atoms with Crippen LogP contribution in [-0.4, -0.2) is 41.4 Å². The number of hydrogen-bond acceptors (Lipinski definition) is 6. The van der Waals surface area contributed by atoms with E-state index in [1.165, 1.54) is 0 Å². The highest BCUT2D eigenvalue weighted by atomic mass is 16.5. The van der Waals surface area contributed by atoms with Crippen LogP contribution in [0.1, 0.15) is 34.6 Å². The number of ether oxygens (including phenoxy) is 3. The Morgan fingerprint density at radius 3 is 2.65 bits per heavy atom. The Bertz CT molecular complexity index is 812. The van der Waals surface area contributed by atoms with E-state index in [1.807, 2.05) is 19.9 Å². The molecule has 0 amide bonds. The number of ketones is 1. The van der Waals surface area contributed by atoms with Crippen LogP contribution in [0.4, 0.5) is 0 Å². The standard InChI is InChI=1S/C19H22N2O5/c1-13-10-14(2)21(20-13)7-6-19(23)26-12-16(22)15-4-5-17-18(11-15)25-9-3-8-24-17/h4-5,10-11H,3,6-9,12H2,1-2H3. The van der Waals surface area contributed by atoms with Gasteiger partial charge in [-0.2, -0.15) is 5.10 Å². The molecule has 26 heavy (non-hydrogen) atoms. The number of rotatable bonds is 6. The van der Waals surface area contributed by atoms with Gasteiger partial charge in [-0.05, 0) is 38.1 Å². The molecule has 0 aliphatic carbocycles. The molecule has 1 aliphatic rings. The molecule has 3 rings (SSSR count). The van der Waals surface area contributed by atoms with Gasteiger partial charge >= 0.3 is 5.97 Å². The fraction of sp³-hybridized carbons (Fsp3) is 0.421. The van der Waals surface area contributed by atoms with E-state index in [0.29, 0.717) is 36.8 Å². The van der Waals surface area contributed by atoms with Gasteiger partial charge in [-0.15, -0.1) is 0 Å². The maximum absolute atomic E-state index is 12.3. The van der Waals surface area contributed by atoms with Gasteiger partial charge in [-0.1, -0.05) is 0 Å². The second kappa shape index (κ2) is 8.03. The normalized spacial score (nSPS) is 13.2. The highest BCUT2D eigenvalue weighted by Crippen LogP contribution is 2.30. The Kier molecular flexibility index (Phi) is 5.55. The summed E-state index contributed by atoms with van der Waals surface area (Å²) in [6.45, 7) is 5.10. The van der Waals surface area contributed by atoms with Gasteiger partial charge in [-0.3, -0.25) is 14.3 Å². The number of aryl methyl sites for hydroxylation is 3. The number of aromatic nitrogens is 2. The first-order valence-corrected chi connectivity index (χ1v) is 8.62. The van der Waals surface area contributed by atoms with Crippen molar-refractivity contribution in [2.45, 2.75) is 33.2 Å². The van der Waals surface area contributed by atoms with Gasteiger partial charge in [0.15, 0.2) is 23.9 Å². The molecule has 7 heteroatoms. The van der Waals surface area contributed by atoms with Crippen molar-refractivity contribution in [3.63, 3.8) is 0 Å². The van der Waals surface area contributed by atoms with Gasteiger partial charge in [0, 0.05) is 17.7 Å². The molecule has 0 atom stereocenters. The summed E-state index contributed by atoms with van der Waals surface area (Å²) in [5.74, 6) is 0.463. The number of benzene rings is 1. The average molecular weight is 358 g/mol. The average Bonchev–Trinajstić information content (AvgIpc) is 2.82. The molecule has 0 bridgehead atoms. The summed E-state index contributed by atoms with van der Waals surface area (Å²) >= 11 is 0. The molecule has 2 heterocycles. The monoisotopic (exact) mass is 358 g/mol. The summed E-state index contributed by atoms with van der Waals surface area (Å²) in [5.41, 5.74) is 2.32. The summed E-state index contributed by atoms with van der Waals surface area (Å²) in [7, 11) is 0. The molecular weight excluding hydrogens is 336 g/mol. The molecule has 0 N–H and O–H groups in total. The highest BCUT2D eigenvalue weighted by molar-refractivity contribution is 5.98. The smallest absolute Gasteiger partial charge is 0.308 e. The van der Waals surface area contributed by atoms with Crippen molar-refractivity contribution in [3.05, 3.63) is 41.2 Å². The predicted molar refractivity (Wildman–Crippen MR) is 93.7 cm³/mol. The van der Waals surface area contributed by atoms with Crippen molar-refractivity contribution in [1.82, 2.24) is 9.78 Å². The van der Waals surface area contributed by atoms with Crippen molar-refractivity contribution in [2.24, 2.45) is 0 Å². The zero-order chi connectivity index (χ0) is 18.5. The second-order valence-electron chi connectivity index (χ2n) is 6.20. The lowest BCUT2D eigenvalue weighted by Gasteiger charge is -2.09. The van der Waals surface area contributed by atoms with Crippen LogP contribution in [0, 0.1) is 13.8 Å². The van der Waals surface area contributed by atoms with E-state index in [-0.39, 0.29) is 18.8 Å². The number of hydrogen-bond donors (Lipinski definition) is 0. The van der Waals surface area contributed by atoms with Gasteiger partial charge < -0.3 is 14.2 Å². The van der Waals surface area contributed by atoms with Gasteiger partial charge in [0.1, 0.15) is 0 Å². The van der Waals surface area contributed by atoms with E-state index < -0.39 is 5.97 Å². The van der Waals surface area contributed by atoms with Crippen LogP contribution in [0.5, 0.6) is 11.5 Å². The van der Waals surface area contributed by atoms with Gasteiger partial charge in [-0.25, -0.2) is 0 Å². The first kappa shape index (κ1) is 18.0. The third-order valence-corrected chi connectivity index (χ3v) is 4.06. The van der Waals surface area contributed by atoms with Gasteiger partial charge in [0.2, 0.25) is 0 Å². The zero-order valence-electron chi connectivity index (χ0n) is 15.0. The number of nitrogens with zero attached hydrogens (tertiary/aromatic N) is 2. The van der Waals surface area contributed by atoms with Crippen LogP contribution in [0.2, 0.25) is 0 Å². The Morgan fingerprint density at radius 2 is 1.92 bits per heavy atom. The van der Waals surface area contributed by atoms with E-state index in [9.17, 15) is 9.59 Å². The van der Waals surface area contributed by atoms with Crippen LogP contribution >= 0.6 is 0 Å². The number of carbonyl (C=O) groups excluding carboxylic acids is 2. The zero-order valence-corrected chi connectivity index (χ0v) is 15.0. The highest BCUT2D eigenvalue weighted by Gasteiger charge is 2.16. The van der Waals surface area contributed by atoms with Crippen LogP contribution in [0.3, 0.4) is 0 Å². The molecule has 0 radical (unpaired) electrons. The van der Waals surface area contributed by atoms with E-state index in [4.69, 9.17) is 14.2 Å². The minimum atomic E-state index is -0.430. The summed E-state index contributed by atoms with van der Waals surface area (Å²) in [4.78, 5) is 24.1. The van der Waals surface area contributed by atoms with Crippen molar-refractivity contribution >= 4 is 11.8 Å². The van der Waals surface area contributed by atoms with E-state index >= 15 is 0 Å². The molecule has 1 aromatic carbocycles. The van der Waals surface area contributed by atoms with Crippen molar-refractivity contribution < 1.29 is 23.8 Å². The number of Topliss-reactive ketones (excluding diaryl/α,β-unsaturated/α-hetero) is 1. The summed E-state index contributed by atoms with van der Waals surface area (Å²) in [6.07, 6.45) is 0.960. The molecule has 0 saturated carbocycles. The van der Waals surface area contributed by atoms with Crippen LogP contribution in [0.25, 0.3) is 0 Å². The molecule has 1 aliphatic heterocycles. The molecule has 0 spiro atoms. The van der Waals surface area contributed by atoms with Gasteiger partial charge in [0.25, 0.3) is 0 Å². The fourth-order valence-corrected chi connectivity index (χ4v) is 2.74. The molecule has 7 nitrogen and oxygen atoms in total. The van der Waals surface area contributed by atoms with Crippen LogP contribution in [0.15, 0.2) is 24.3 Å². The van der Waals surface area contributed by atoms with Crippen LogP contribution < -0.4 is 9.47 Å². The summed E-state index contributed by atoms with van der Waals surface area (Å²) in [6, 6.07) is 6.93. The predicted octanol–water partition coefficient (Wildman–Crippen LogP) is 2.48. The maximum Gasteiger partial charge on any atom is 0.308 e. The van der Waals surface area contributed by atoms with Gasteiger partial charge in [0.05, 0.1) is 31.9 Å². The Labute approximate surface area is 151 Å². The third kappa shape index (κ3) is 4.41. The Hall–Kier alpha value is -2.83. The summed E-state index contributed by atoms with van der Waals surface area (Å²) in [5, 5.41) is 4.29. The van der Waals surface area contributed by atoms with E-state index in [0.717, 1.165) is 17.8 Å². The molecule has 0 saturated heterocycles. The third-order valence-electron chi connectivity index (χ3n) is 4.06. The second-order valence-corrected chi connectivity index (χ2v) is 6.20. The Balaban J connectivity index is 1.51. The quantitative estimate of drug-likeness (QED) is 0.583. The number of carbonyl (C=O) groups is 2. The topological polar surface area (TPSA) is 79.7 Å². The molecule has 0 fully saturated rings. The van der Waals surface area contributed by atoms with Crippen molar-refractivity contribution in [2.75, 3.05) is 19.8 Å². The SMILES string of the molecule is Cc1cc(C)n(CCC(=O)OCC(=O)c2ccc3c(c2)OCCCO3)n1. The minimum Gasteiger partial charge on any atom is -0.490 e. The molecule has 1 aromatic heterocycles.